The molecule has 0 aliphatic carbocycles. The van der Waals surface area contributed by atoms with Crippen molar-refractivity contribution < 1.29 is 13.2 Å². The molecule has 1 aromatic heterocycles. The first-order chi connectivity index (χ1) is 15.8. The summed E-state index contributed by atoms with van der Waals surface area (Å²) < 4.78 is 29.5. The van der Waals surface area contributed by atoms with Crippen LogP contribution in [-0.2, 0) is 16.6 Å². The minimum Gasteiger partial charge on any atom is -0.348 e. The lowest BCUT2D eigenvalue weighted by Crippen LogP contribution is -2.23. The number of nitrogens with zero attached hydrogens (tertiary/aromatic N) is 2. The number of carbonyl (C=O) groups excluding carboxylic acids is 1. The number of aryl methyl sites for hydroxylation is 1. The van der Waals surface area contributed by atoms with Crippen molar-refractivity contribution in [2.75, 3.05) is 4.72 Å². The molecular weight excluding hydrogens is 460 g/mol. The number of halogens is 1. The third-order valence-corrected chi connectivity index (χ3v) is 6.69. The zero-order chi connectivity index (χ0) is 23.4. The molecule has 168 valence electrons. The standard InChI is InChI=1S/C24H21ClN4O3S/c1-17-2-9-21(10-3-17)33(31,32)28-23-11-6-19(14-22(23)25)24(30)27-15-18-4-7-20(8-5-18)29-13-12-26-16-29/h2-14,16,28H,15H2,1H3,(H,27,30). The van der Waals surface area contributed by atoms with Crippen LogP contribution < -0.4 is 10.0 Å². The summed E-state index contributed by atoms with van der Waals surface area (Å²) in [4.78, 5) is 16.7. The number of imidazole rings is 1. The fourth-order valence-electron chi connectivity index (χ4n) is 3.14. The lowest BCUT2D eigenvalue weighted by atomic mass is 10.1. The predicted octanol–water partition coefficient (Wildman–Crippen LogP) is 4.56. The van der Waals surface area contributed by atoms with Crippen LogP contribution in [0.2, 0.25) is 5.02 Å². The van der Waals surface area contributed by atoms with Crippen molar-refractivity contribution in [3.05, 3.63) is 107 Å². The molecule has 0 aliphatic heterocycles. The van der Waals surface area contributed by atoms with Crippen molar-refractivity contribution in [2.45, 2.75) is 18.4 Å². The number of nitrogens with one attached hydrogen (secondary N) is 2. The lowest BCUT2D eigenvalue weighted by molar-refractivity contribution is 0.0951. The van der Waals surface area contributed by atoms with E-state index >= 15 is 0 Å². The number of hydrogen-bond donors (Lipinski definition) is 2. The highest BCUT2D eigenvalue weighted by atomic mass is 35.5. The highest BCUT2D eigenvalue weighted by Gasteiger charge is 2.17. The number of benzene rings is 3. The number of amides is 1. The fraction of sp³-hybridized carbons (Fsp3) is 0.0833. The van der Waals surface area contributed by atoms with E-state index in [1.165, 1.54) is 30.3 Å². The van der Waals surface area contributed by atoms with Crippen LogP contribution in [0.5, 0.6) is 0 Å². The van der Waals surface area contributed by atoms with Gasteiger partial charge in [0, 0.05) is 30.2 Å². The maximum Gasteiger partial charge on any atom is 0.261 e. The van der Waals surface area contributed by atoms with E-state index < -0.39 is 10.0 Å². The van der Waals surface area contributed by atoms with Gasteiger partial charge in [0.2, 0.25) is 0 Å². The van der Waals surface area contributed by atoms with Crippen LogP contribution in [0.25, 0.3) is 5.69 Å². The van der Waals surface area contributed by atoms with Crippen molar-refractivity contribution >= 4 is 33.2 Å². The Balaban J connectivity index is 1.40. The molecule has 33 heavy (non-hydrogen) atoms. The second kappa shape index (κ2) is 9.48. The Morgan fingerprint density at radius 3 is 2.39 bits per heavy atom. The second-order valence-electron chi connectivity index (χ2n) is 7.43. The Morgan fingerprint density at radius 1 is 1.03 bits per heavy atom. The number of anilines is 1. The number of aromatic nitrogens is 2. The zero-order valence-corrected chi connectivity index (χ0v) is 19.3. The van der Waals surface area contributed by atoms with Crippen LogP contribution in [0.4, 0.5) is 5.69 Å². The van der Waals surface area contributed by atoms with Gasteiger partial charge in [-0.25, -0.2) is 13.4 Å². The van der Waals surface area contributed by atoms with Crippen LogP contribution in [0, 0.1) is 6.92 Å². The lowest BCUT2D eigenvalue weighted by Gasteiger charge is -2.12. The van der Waals surface area contributed by atoms with Crippen molar-refractivity contribution in [2.24, 2.45) is 0 Å². The summed E-state index contributed by atoms with van der Waals surface area (Å²) in [5, 5.41) is 2.97. The van der Waals surface area contributed by atoms with Gasteiger partial charge in [-0.05, 0) is 55.0 Å². The molecule has 0 aliphatic rings. The smallest absolute Gasteiger partial charge is 0.261 e. The highest BCUT2D eigenvalue weighted by molar-refractivity contribution is 7.92. The van der Waals surface area contributed by atoms with E-state index in [1.54, 1.807) is 24.7 Å². The molecule has 0 saturated heterocycles. The van der Waals surface area contributed by atoms with Crippen molar-refractivity contribution in [1.82, 2.24) is 14.9 Å². The monoisotopic (exact) mass is 480 g/mol. The molecule has 0 atom stereocenters. The summed E-state index contributed by atoms with van der Waals surface area (Å²) >= 11 is 6.26. The van der Waals surface area contributed by atoms with E-state index in [-0.39, 0.29) is 21.5 Å². The molecule has 4 rings (SSSR count). The van der Waals surface area contributed by atoms with Gasteiger partial charge in [0.15, 0.2) is 0 Å². The van der Waals surface area contributed by atoms with Gasteiger partial charge >= 0.3 is 0 Å². The first-order valence-corrected chi connectivity index (χ1v) is 11.9. The second-order valence-corrected chi connectivity index (χ2v) is 9.52. The molecular formula is C24H21ClN4O3S. The third kappa shape index (κ3) is 5.42. The highest BCUT2D eigenvalue weighted by Crippen LogP contribution is 2.26. The molecule has 9 heteroatoms. The molecule has 0 radical (unpaired) electrons. The third-order valence-electron chi connectivity index (χ3n) is 5.00. The maximum absolute atomic E-state index is 12.6. The van der Waals surface area contributed by atoms with Gasteiger partial charge in [0.05, 0.1) is 21.9 Å². The average molecular weight is 481 g/mol. The molecule has 1 amide bonds. The van der Waals surface area contributed by atoms with Crippen LogP contribution in [0.3, 0.4) is 0 Å². The first-order valence-electron chi connectivity index (χ1n) is 10.1. The number of carbonyl (C=O) groups is 1. The topological polar surface area (TPSA) is 93.1 Å². The fourth-order valence-corrected chi connectivity index (χ4v) is 4.51. The van der Waals surface area contributed by atoms with Crippen LogP contribution >= 0.6 is 11.6 Å². The largest absolute Gasteiger partial charge is 0.348 e. The average Bonchev–Trinajstić information content (AvgIpc) is 3.34. The summed E-state index contributed by atoms with van der Waals surface area (Å²) in [6.45, 7) is 2.21. The van der Waals surface area contributed by atoms with Crippen molar-refractivity contribution in [3.63, 3.8) is 0 Å². The van der Waals surface area contributed by atoms with Gasteiger partial charge in [-0.1, -0.05) is 41.4 Å². The Bertz CT molecular complexity index is 1370. The summed E-state index contributed by atoms with van der Waals surface area (Å²) in [6.07, 6.45) is 5.27. The van der Waals surface area contributed by atoms with Crippen LogP contribution in [-0.4, -0.2) is 23.9 Å². The number of hydrogen-bond acceptors (Lipinski definition) is 4. The van der Waals surface area contributed by atoms with Crippen LogP contribution in [0.15, 0.2) is 90.3 Å². The minimum atomic E-state index is -3.79. The summed E-state index contributed by atoms with van der Waals surface area (Å²) in [5.41, 5.74) is 3.38. The molecule has 0 unspecified atom stereocenters. The van der Waals surface area contributed by atoms with Gasteiger partial charge in [-0.3, -0.25) is 9.52 Å². The zero-order valence-electron chi connectivity index (χ0n) is 17.7. The number of sulfonamides is 1. The van der Waals surface area contributed by atoms with Gasteiger partial charge < -0.3 is 9.88 Å². The normalized spacial score (nSPS) is 11.2. The Labute approximate surface area is 197 Å². The Hall–Kier alpha value is -3.62. The molecule has 0 fully saturated rings. The van der Waals surface area contributed by atoms with Gasteiger partial charge in [0.25, 0.3) is 15.9 Å². The molecule has 7 nitrogen and oxygen atoms in total. The SMILES string of the molecule is Cc1ccc(S(=O)(=O)Nc2ccc(C(=O)NCc3ccc(-n4ccnc4)cc3)cc2Cl)cc1. The van der Waals surface area contributed by atoms with E-state index in [9.17, 15) is 13.2 Å². The van der Waals surface area contributed by atoms with E-state index in [0.717, 1.165) is 16.8 Å². The number of rotatable bonds is 7. The summed E-state index contributed by atoms with van der Waals surface area (Å²) in [6, 6.07) is 18.6. The van der Waals surface area contributed by atoms with Crippen molar-refractivity contribution in [1.29, 1.82) is 0 Å². The summed E-state index contributed by atoms with van der Waals surface area (Å²) in [7, 11) is -3.79. The molecule has 4 aromatic rings. The molecule has 0 bridgehead atoms. The maximum atomic E-state index is 12.6. The van der Waals surface area contributed by atoms with Gasteiger partial charge in [0.1, 0.15) is 0 Å². The predicted molar refractivity (Wildman–Crippen MR) is 128 cm³/mol. The van der Waals surface area contributed by atoms with Gasteiger partial charge in [-0.2, -0.15) is 0 Å². The quantitative estimate of drug-likeness (QED) is 0.405. The van der Waals surface area contributed by atoms with E-state index in [2.05, 4.69) is 15.0 Å². The molecule has 1 heterocycles. The molecule has 3 aromatic carbocycles. The van der Waals surface area contributed by atoms with E-state index in [0.29, 0.717) is 12.1 Å². The van der Waals surface area contributed by atoms with Crippen LogP contribution in [0.1, 0.15) is 21.5 Å². The Kier molecular flexibility index (Phi) is 6.48. The molecule has 0 spiro atoms. The molecule has 0 saturated carbocycles. The first kappa shape index (κ1) is 22.6. The van der Waals surface area contributed by atoms with Crippen molar-refractivity contribution in [3.8, 4) is 5.69 Å². The van der Waals surface area contributed by atoms with E-state index in [1.807, 2.05) is 42.0 Å². The summed E-state index contributed by atoms with van der Waals surface area (Å²) in [5.74, 6) is -0.316. The van der Waals surface area contributed by atoms with E-state index in [4.69, 9.17) is 11.6 Å². The minimum absolute atomic E-state index is 0.128. The molecule has 2 N–H and O–H groups in total. The van der Waals surface area contributed by atoms with Gasteiger partial charge in [-0.15, -0.1) is 0 Å². The Morgan fingerprint density at radius 2 is 1.76 bits per heavy atom.